The van der Waals surface area contributed by atoms with E-state index in [0.717, 1.165) is 25.9 Å². The van der Waals surface area contributed by atoms with E-state index in [1.807, 2.05) is 24.3 Å². The second-order valence-electron chi connectivity index (χ2n) is 5.17. The standard InChI is InChI=1S/C15H22N2O3/c1-20-14-7-3-2-6-13(14)16-15(19)10-17-8-4-5-12(9-17)11-18/h2-3,6-7,12,18H,4-5,8-11H2,1H3,(H,16,19). The molecule has 5 heteroatoms. The van der Waals surface area contributed by atoms with E-state index in [0.29, 0.717) is 23.9 Å². The maximum Gasteiger partial charge on any atom is 0.238 e. The van der Waals surface area contributed by atoms with Gasteiger partial charge in [-0.2, -0.15) is 0 Å². The summed E-state index contributed by atoms with van der Waals surface area (Å²) >= 11 is 0. The second-order valence-corrected chi connectivity index (χ2v) is 5.17. The molecule has 0 bridgehead atoms. The molecular weight excluding hydrogens is 256 g/mol. The smallest absolute Gasteiger partial charge is 0.238 e. The number of nitrogens with one attached hydrogen (secondary N) is 1. The van der Waals surface area contributed by atoms with Crippen LogP contribution >= 0.6 is 0 Å². The van der Waals surface area contributed by atoms with Gasteiger partial charge < -0.3 is 15.2 Å². The van der Waals surface area contributed by atoms with E-state index in [2.05, 4.69) is 10.2 Å². The van der Waals surface area contributed by atoms with Crippen LogP contribution in [-0.2, 0) is 4.79 Å². The van der Waals surface area contributed by atoms with Crippen LogP contribution < -0.4 is 10.1 Å². The van der Waals surface area contributed by atoms with Crippen molar-refractivity contribution in [2.45, 2.75) is 12.8 Å². The SMILES string of the molecule is COc1ccccc1NC(=O)CN1CCCC(CO)C1. The van der Waals surface area contributed by atoms with E-state index in [4.69, 9.17) is 4.74 Å². The van der Waals surface area contributed by atoms with Gasteiger partial charge in [0.2, 0.25) is 5.91 Å². The van der Waals surface area contributed by atoms with Crippen LogP contribution in [0.2, 0.25) is 0 Å². The monoisotopic (exact) mass is 278 g/mol. The highest BCUT2D eigenvalue weighted by Crippen LogP contribution is 2.23. The molecule has 1 heterocycles. The largest absolute Gasteiger partial charge is 0.495 e. The number of carbonyl (C=O) groups is 1. The predicted octanol–water partition coefficient (Wildman–Crippen LogP) is 1.34. The molecule has 0 aromatic heterocycles. The first-order valence-electron chi connectivity index (χ1n) is 6.99. The van der Waals surface area contributed by atoms with Crippen LogP contribution in [0.3, 0.4) is 0 Å². The molecule has 1 unspecified atom stereocenters. The van der Waals surface area contributed by atoms with Crippen LogP contribution in [0, 0.1) is 5.92 Å². The Morgan fingerprint density at radius 1 is 1.50 bits per heavy atom. The average Bonchev–Trinajstić information content (AvgIpc) is 2.48. The van der Waals surface area contributed by atoms with Gasteiger partial charge in [-0.3, -0.25) is 9.69 Å². The molecule has 1 fully saturated rings. The third kappa shape index (κ3) is 3.95. The summed E-state index contributed by atoms with van der Waals surface area (Å²) in [5.41, 5.74) is 0.690. The summed E-state index contributed by atoms with van der Waals surface area (Å²) in [6, 6.07) is 7.37. The normalized spacial score (nSPS) is 19.6. The number of piperidine rings is 1. The second kappa shape index (κ2) is 7.26. The molecule has 0 spiro atoms. The van der Waals surface area contributed by atoms with Crippen molar-refractivity contribution < 1.29 is 14.6 Å². The summed E-state index contributed by atoms with van der Waals surface area (Å²) in [4.78, 5) is 14.2. The van der Waals surface area contributed by atoms with Crippen molar-refractivity contribution in [3.63, 3.8) is 0 Å². The van der Waals surface area contributed by atoms with Crippen molar-refractivity contribution in [2.24, 2.45) is 5.92 Å². The van der Waals surface area contributed by atoms with Crippen LogP contribution in [0.1, 0.15) is 12.8 Å². The van der Waals surface area contributed by atoms with Crippen LogP contribution in [0.5, 0.6) is 5.75 Å². The number of anilines is 1. The molecule has 1 amide bonds. The van der Waals surface area contributed by atoms with Gasteiger partial charge in [0.25, 0.3) is 0 Å². The summed E-state index contributed by atoms with van der Waals surface area (Å²) in [7, 11) is 1.58. The minimum atomic E-state index is -0.0481. The van der Waals surface area contributed by atoms with Gasteiger partial charge in [-0.25, -0.2) is 0 Å². The first-order valence-corrected chi connectivity index (χ1v) is 6.99. The number of aliphatic hydroxyl groups is 1. The number of rotatable bonds is 5. The minimum Gasteiger partial charge on any atom is -0.495 e. The van der Waals surface area contributed by atoms with Gasteiger partial charge in [0.1, 0.15) is 5.75 Å². The van der Waals surface area contributed by atoms with Gasteiger partial charge in [0.15, 0.2) is 0 Å². The maximum absolute atomic E-state index is 12.1. The first-order chi connectivity index (χ1) is 9.72. The Hall–Kier alpha value is -1.59. The van der Waals surface area contributed by atoms with Crippen molar-refractivity contribution in [1.29, 1.82) is 0 Å². The van der Waals surface area contributed by atoms with Gasteiger partial charge in [0.05, 0.1) is 19.3 Å². The van der Waals surface area contributed by atoms with E-state index in [-0.39, 0.29) is 12.5 Å². The highest BCUT2D eigenvalue weighted by molar-refractivity contribution is 5.93. The number of nitrogens with zero attached hydrogens (tertiary/aromatic N) is 1. The molecule has 1 aromatic rings. The molecule has 5 nitrogen and oxygen atoms in total. The van der Waals surface area contributed by atoms with Crippen LogP contribution in [0.25, 0.3) is 0 Å². The van der Waals surface area contributed by atoms with Crippen molar-refractivity contribution in [3.8, 4) is 5.75 Å². The highest BCUT2D eigenvalue weighted by atomic mass is 16.5. The Labute approximate surface area is 119 Å². The zero-order valence-electron chi connectivity index (χ0n) is 11.8. The van der Waals surface area contributed by atoms with E-state index < -0.39 is 0 Å². The van der Waals surface area contributed by atoms with Crippen molar-refractivity contribution >= 4 is 11.6 Å². The Morgan fingerprint density at radius 2 is 2.30 bits per heavy atom. The number of hydrogen-bond acceptors (Lipinski definition) is 4. The molecule has 0 aliphatic carbocycles. The fraction of sp³-hybridized carbons (Fsp3) is 0.533. The van der Waals surface area contributed by atoms with Crippen LogP contribution in [-0.4, -0.2) is 49.3 Å². The lowest BCUT2D eigenvalue weighted by molar-refractivity contribution is -0.117. The van der Waals surface area contributed by atoms with Crippen molar-refractivity contribution in [2.75, 3.05) is 38.7 Å². The van der Waals surface area contributed by atoms with Crippen LogP contribution in [0.4, 0.5) is 5.69 Å². The number of aliphatic hydroxyl groups excluding tert-OH is 1. The molecule has 2 rings (SSSR count). The summed E-state index contributed by atoms with van der Waals surface area (Å²) in [5, 5.41) is 12.1. The fourth-order valence-electron chi connectivity index (χ4n) is 2.58. The third-order valence-electron chi connectivity index (χ3n) is 3.61. The number of amides is 1. The minimum absolute atomic E-state index is 0.0481. The lowest BCUT2D eigenvalue weighted by Crippen LogP contribution is -2.41. The lowest BCUT2D eigenvalue weighted by Gasteiger charge is -2.31. The zero-order chi connectivity index (χ0) is 14.4. The predicted molar refractivity (Wildman–Crippen MR) is 77.9 cm³/mol. The van der Waals surface area contributed by atoms with E-state index in [1.54, 1.807) is 7.11 Å². The Morgan fingerprint density at radius 3 is 3.05 bits per heavy atom. The topological polar surface area (TPSA) is 61.8 Å². The summed E-state index contributed by atoms with van der Waals surface area (Å²) in [6.07, 6.45) is 2.08. The van der Waals surface area contributed by atoms with E-state index in [1.165, 1.54) is 0 Å². The lowest BCUT2D eigenvalue weighted by atomic mass is 9.99. The van der Waals surface area contributed by atoms with E-state index >= 15 is 0 Å². The number of carbonyl (C=O) groups excluding carboxylic acids is 1. The summed E-state index contributed by atoms with van der Waals surface area (Å²) in [6.45, 7) is 2.25. The van der Waals surface area contributed by atoms with Gasteiger partial charge in [-0.05, 0) is 37.4 Å². The maximum atomic E-state index is 12.1. The summed E-state index contributed by atoms with van der Waals surface area (Å²) in [5.74, 6) is 0.906. The number of hydrogen-bond donors (Lipinski definition) is 2. The first kappa shape index (κ1) is 14.8. The van der Waals surface area contributed by atoms with Gasteiger partial charge in [0, 0.05) is 13.2 Å². The third-order valence-corrected chi connectivity index (χ3v) is 3.61. The molecule has 1 aromatic carbocycles. The van der Waals surface area contributed by atoms with E-state index in [9.17, 15) is 9.90 Å². The zero-order valence-corrected chi connectivity index (χ0v) is 11.8. The Bertz CT molecular complexity index is 450. The molecule has 2 N–H and O–H groups in total. The highest BCUT2D eigenvalue weighted by Gasteiger charge is 2.21. The molecule has 1 saturated heterocycles. The summed E-state index contributed by atoms with van der Waals surface area (Å²) < 4.78 is 5.21. The fourth-order valence-corrected chi connectivity index (χ4v) is 2.58. The average molecular weight is 278 g/mol. The van der Waals surface area contributed by atoms with Crippen LogP contribution in [0.15, 0.2) is 24.3 Å². The molecule has 0 saturated carbocycles. The van der Waals surface area contributed by atoms with Gasteiger partial charge in [-0.1, -0.05) is 12.1 Å². The Kier molecular flexibility index (Phi) is 5.38. The number of ether oxygens (including phenoxy) is 1. The molecular formula is C15H22N2O3. The van der Waals surface area contributed by atoms with Crippen molar-refractivity contribution in [3.05, 3.63) is 24.3 Å². The molecule has 20 heavy (non-hydrogen) atoms. The molecule has 110 valence electrons. The number of benzene rings is 1. The molecule has 1 aliphatic heterocycles. The molecule has 0 radical (unpaired) electrons. The number of methoxy groups -OCH3 is 1. The van der Waals surface area contributed by atoms with Gasteiger partial charge in [-0.15, -0.1) is 0 Å². The van der Waals surface area contributed by atoms with Crippen molar-refractivity contribution in [1.82, 2.24) is 4.90 Å². The quantitative estimate of drug-likeness (QED) is 0.853. The molecule has 1 atom stereocenters. The number of likely N-dealkylation sites (tertiary alicyclic amines) is 1. The Balaban J connectivity index is 1.89. The number of para-hydroxylation sites is 2. The van der Waals surface area contributed by atoms with Gasteiger partial charge >= 0.3 is 0 Å². The molecule has 1 aliphatic rings.